The van der Waals surface area contributed by atoms with Crippen LogP contribution in [0.5, 0.6) is 0 Å². The maximum Gasteiger partial charge on any atom is 0.255 e. The predicted octanol–water partition coefficient (Wildman–Crippen LogP) is 3.31. The summed E-state index contributed by atoms with van der Waals surface area (Å²) in [4.78, 5) is 15.8. The fourth-order valence-electron chi connectivity index (χ4n) is 3.22. The predicted molar refractivity (Wildman–Crippen MR) is 89.0 cm³/mol. The molecule has 1 aromatic heterocycles. The molecule has 3 heterocycles. The highest BCUT2D eigenvalue weighted by Gasteiger charge is 2.32. The van der Waals surface area contributed by atoms with Gasteiger partial charge in [-0.2, -0.15) is 0 Å². The molecule has 2 fully saturated rings. The van der Waals surface area contributed by atoms with Gasteiger partial charge in [0.05, 0.1) is 9.35 Å². The number of likely N-dealkylation sites (tertiary alicyclic amines) is 1. The largest absolute Gasteiger partial charge is 0.339 e. The third-order valence-electron chi connectivity index (χ3n) is 4.35. The van der Waals surface area contributed by atoms with Gasteiger partial charge in [0.25, 0.3) is 5.91 Å². The molecule has 0 aromatic carbocycles. The molecule has 0 aliphatic carbocycles. The van der Waals surface area contributed by atoms with Crippen LogP contribution in [-0.2, 0) is 0 Å². The van der Waals surface area contributed by atoms with Crippen molar-refractivity contribution in [3.05, 3.63) is 20.3 Å². The minimum Gasteiger partial charge on any atom is -0.339 e. The molecule has 6 heteroatoms. The summed E-state index contributed by atoms with van der Waals surface area (Å²) in [5, 5.41) is 3.47. The number of aryl methyl sites for hydroxylation is 1. The number of thiophene rings is 1. The molecule has 0 saturated carbocycles. The summed E-state index contributed by atoms with van der Waals surface area (Å²) >= 11 is 5.16. The van der Waals surface area contributed by atoms with Crippen molar-refractivity contribution < 1.29 is 4.79 Å². The van der Waals surface area contributed by atoms with Gasteiger partial charge in [-0.1, -0.05) is 0 Å². The lowest BCUT2D eigenvalue weighted by atomic mass is 9.92. The Morgan fingerprint density at radius 1 is 1.35 bits per heavy atom. The van der Waals surface area contributed by atoms with E-state index < -0.39 is 0 Å². The number of fused-ring (bicyclic) bond motifs is 1. The first kappa shape index (κ1) is 16.3. The van der Waals surface area contributed by atoms with Gasteiger partial charge < -0.3 is 10.2 Å². The molecule has 2 aliphatic heterocycles. The Balaban J connectivity index is 0.00000147. The van der Waals surface area contributed by atoms with Crippen molar-refractivity contribution in [1.29, 1.82) is 0 Å². The molecule has 20 heavy (non-hydrogen) atoms. The van der Waals surface area contributed by atoms with E-state index in [1.165, 1.54) is 4.88 Å². The molecule has 0 bridgehead atoms. The van der Waals surface area contributed by atoms with Crippen LogP contribution in [0.4, 0.5) is 0 Å². The Morgan fingerprint density at radius 2 is 1.95 bits per heavy atom. The zero-order valence-corrected chi connectivity index (χ0v) is 14.7. The highest BCUT2D eigenvalue weighted by molar-refractivity contribution is 9.11. The van der Waals surface area contributed by atoms with Gasteiger partial charge >= 0.3 is 0 Å². The van der Waals surface area contributed by atoms with Crippen molar-refractivity contribution in [2.24, 2.45) is 11.8 Å². The third kappa shape index (κ3) is 3.21. The van der Waals surface area contributed by atoms with Gasteiger partial charge in [-0.15, -0.1) is 23.7 Å². The van der Waals surface area contributed by atoms with Crippen LogP contribution in [0.2, 0.25) is 0 Å². The van der Waals surface area contributed by atoms with E-state index in [0.717, 1.165) is 60.2 Å². The Morgan fingerprint density at radius 3 is 2.45 bits per heavy atom. The number of hydrogen-bond acceptors (Lipinski definition) is 3. The van der Waals surface area contributed by atoms with E-state index in [9.17, 15) is 4.79 Å². The Labute approximate surface area is 138 Å². The van der Waals surface area contributed by atoms with E-state index in [1.54, 1.807) is 11.3 Å². The van der Waals surface area contributed by atoms with Crippen molar-refractivity contribution in [3.8, 4) is 0 Å². The molecule has 3 nitrogen and oxygen atoms in total. The van der Waals surface area contributed by atoms with Gasteiger partial charge in [-0.25, -0.2) is 0 Å². The second kappa shape index (κ2) is 6.77. The number of carbonyl (C=O) groups excluding carboxylic acids is 1. The average Bonchev–Trinajstić information content (AvgIpc) is 2.90. The maximum absolute atomic E-state index is 12.6. The number of nitrogens with one attached hydrogen (secondary N) is 1. The molecule has 0 unspecified atom stereocenters. The molecule has 1 aromatic rings. The number of rotatable bonds is 1. The molecule has 2 saturated heterocycles. The van der Waals surface area contributed by atoms with Crippen molar-refractivity contribution >= 4 is 45.6 Å². The van der Waals surface area contributed by atoms with Gasteiger partial charge in [0.1, 0.15) is 0 Å². The molecule has 1 N–H and O–H groups in total. The van der Waals surface area contributed by atoms with Crippen LogP contribution in [0.3, 0.4) is 0 Å². The quantitative estimate of drug-likeness (QED) is 0.812. The lowest BCUT2D eigenvalue weighted by Crippen LogP contribution is -2.32. The highest BCUT2D eigenvalue weighted by atomic mass is 79.9. The number of halogens is 2. The van der Waals surface area contributed by atoms with Crippen LogP contribution in [-0.4, -0.2) is 37.0 Å². The average molecular weight is 380 g/mol. The molecular weight excluding hydrogens is 360 g/mol. The van der Waals surface area contributed by atoms with E-state index in [0.29, 0.717) is 0 Å². The van der Waals surface area contributed by atoms with Crippen LogP contribution in [0.15, 0.2) is 9.85 Å². The van der Waals surface area contributed by atoms with Crippen LogP contribution in [0.25, 0.3) is 0 Å². The summed E-state index contributed by atoms with van der Waals surface area (Å²) in [6, 6.07) is 2.00. The fraction of sp³-hybridized carbons (Fsp3) is 0.643. The van der Waals surface area contributed by atoms with Gasteiger partial charge in [-0.3, -0.25) is 4.79 Å². The highest BCUT2D eigenvalue weighted by Crippen LogP contribution is 2.31. The molecule has 0 radical (unpaired) electrons. The zero-order chi connectivity index (χ0) is 13.4. The number of amides is 1. The molecule has 2 aliphatic rings. The van der Waals surface area contributed by atoms with Gasteiger partial charge in [-0.05, 0) is 66.7 Å². The SMILES string of the molecule is Cc1cc(C(=O)N2CC[C@@H]3CNC[C@@H]3CC2)c(Br)s1.Cl. The van der Waals surface area contributed by atoms with Crippen molar-refractivity contribution in [2.75, 3.05) is 26.2 Å². The molecular formula is C14H20BrClN2OS. The summed E-state index contributed by atoms with van der Waals surface area (Å²) < 4.78 is 0.973. The van der Waals surface area contributed by atoms with E-state index in [2.05, 4.69) is 21.2 Å². The van der Waals surface area contributed by atoms with Crippen molar-refractivity contribution in [3.63, 3.8) is 0 Å². The van der Waals surface area contributed by atoms with Crippen LogP contribution >= 0.6 is 39.7 Å². The van der Waals surface area contributed by atoms with Crippen LogP contribution in [0, 0.1) is 18.8 Å². The maximum atomic E-state index is 12.6. The summed E-state index contributed by atoms with van der Waals surface area (Å²) in [6.07, 6.45) is 2.29. The minimum atomic E-state index is 0. The molecule has 112 valence electrons. The van der Waals surface area contributed by atoms with E-state index in [4.69, 9.17) is 0 Å². The fourth-order valence-corrected chi connectivity index (χ4v) is 4.99. The van der Waals surface area contributed by atoms with E-state index in [-0.39, 0.29) is 18.3 Å². The molecule has 2 atom stereocenters. The monoisotopic (exact) mass is 378 g/mol. The molecule has 0 spiro atoms. The second-order valence-electron chi connectivity index (χ2n) is 5.59. The Kier molecular flexibility index (Phi) is 5.51. The molecule has 3 rings (SSSR count). The first-order chi connectivity index (χ1) is 9.15. The third-order valence-corrected chi connectivity index (χ3v) is 6.10. The zero-order valence-electron chi connectivity index (χ0n) is 11.5. The summed E-state index contributed by atoms with van der Waals surface area (Å²) in [5.74, 6) is 1.74. The lowest BCUT2D eigenvalue weighted by molar-refractivity contribution is 0.0758. The van der Waals surface area contributed by atoms with Crippen molar-refractivity contribution in [1.82, 2.24) is 10.2 Å². The van der Waals surface area contributed by atoms with Gasteiger partial charge in [0.2, 0.25) is 0 Å². The van der Waals surface area contributed by atoms with E-state index >= 15 is 0 Å². The topological polar surface area (TPSA) is 32.3 Å². The normalized spacial score (nSPS) is 25.8. The lowest BCUT2D eigenvalue weighted by Gasteiger charge is -2.20. The molecule has 1 amide bonds. The van der Waals surface area contributed by atoms with Gasteiger partial charge in [0, 0.05) is 18.0 Å². The number of carbonyl (C=O) groups is 1. The van der Waals surface area contributed by atoms with Gasteiger partial charge in [0.15, 0.2) is 0 Å². The first-order valence-corrected chi connectivity index (χ1v) is 8.52. The minimum absolute atomic E-state index is 0. The smallest absolute Gasteiger partial charge is 0.255 e. The van der Waals surface area contributed by atoms with Crippen molar-refractivity contribution in [2.45, 2.75) is 19.8 Å². The van der Waals surface area contributed by atoms with Crippen LogP contribution in [0.1, 0.15) is 28.1 Å². The van der Waals surface area contributed by atoms with E-state index in [1.807, 2.05) is 17.9 Å². The summed E-state index contributed by atoms with van der Waals surface area (Å²) in [6.45, 7) is 6.12. The Hall–Kier alpha value is -0.1000. The number of hydrogen-bond donors (Lipinski definition) is 1. The first-order valence-electron chi connectivity index (χ1n) is 6.91. The number of nitrogens with zero attached hydrogens (tertiary/aromatic N) is 1. The summed E-state index contributed by atoms with van der Waals surface area (Å²) in [5.41, 5.74) is 0.840. The Bertz CT molecular complexity index is 480. The van der Waals surface area contributed by atoms with Crippen LogP contribution < -0.4 is 5.32 Å². The second-order valence-corrected chi connectivity index (χ2v) is 8.17. The summed E-state index contributed by atoms with van der Waals surface area (Å²) in [7, 11) is 0. The standard InChI is InChI=1S/C14H19BrN2OS.ClH/c1-9-6-12(13(15)19-9)14(18)17-4-2-10-7-16-8-11(10)3-5-17;/h6,10-11,16H,2-5,7-8H2,1H3;1H/t10-,11+;.